The monoisotopic (exact) mass is 538 g/mol. The predicted molar refractivity (Wildman–Crippen MR) is 146 cm³/mol. The highest BCUT2D eigenvalue weighted by Gasteiger charge is 2.38. The summed E-state index contributed by atoms with van der Waals surface area (Å²) in [6.07, 6.45) is -6.59. The number of amides is 1. The summed E-state index contributed by atoms with van der Waals surface area (Å²) in [5.41, 5.74) is 10.1. The number of fused-ring (bicyclic) bond motifs is 1. The van der Waals surface area contributed by atoms with Gasteiger partial charge in [-0.05, 0) is 54.4 Å². The van der Waals surface area contributed by atoms with Gasteiger partial charge in [-0.1, -0.05) is 24.3 Å². The summed E-state index contributed by atoms with van der Waals surface area (Å²) in [4.78, 5) is 17.2. The zero-order chi connectivity index (χ0) is 27.7. The van der Waals surface area contributed by atoms with Crippen LogP contribution in [0.2, 0.25) is 0 Å². The Bertz CT molecular complexity index is 1480. The van der Waals surface area contributed by atoms with Gasteiger partial charge in [-0.2, -0.15) is 18.3 Å². The van der Waals surface area contributed by atoms with Crippen molar-refractivity contribution in [3.8, 4) is 16.9 Å². The molecule has 1 aromatic heterocycles. The van der Waals surface area contributed by atoms with Gasteiger partial charge in [-0.15, -0.1) is 0 Å². The van der Waals surface area contributed by atoms with E-state index in [9.17, 15) is 18.0 Å². The maximum atomic E-state index is 13.3. The number of alkyl halides is 3. The summed E-state index contributed by atoms with van der Waals surface area (Å²) in [5, 5.41) is 9.71. The Morgan fingerprint density at radius 3 is 2.38 bits per heavy atom. The van der Waals surface area contributed by atoms with Crippen LogP contribution >= 0.6 is 0 Å². The number of aromatic nitrogens is 2. The Labute approximate surface area is 223 Å². The average molecular weight is 539 g/mol. The number of nitrogens with zero attached hydrogens (tertiary/aromatic N) is 3. The van der Waals surface area contributed by atoms with Crippen molar-refractivity contribution >= 4 is 34.0 Å². The highest BCUT2D eigenvalue weighted by atomic mass is 19.4. The molecule has 39 heavy (non-hydrogen) atoms. The van der Waals surface area contributed by atoms with Gasteiger partial charge in [-0.25, -0.2) is 0 Å². The number of rotatable bonds is 6. The van der Waals surface area contributed by atoms with Gasteiger partial charge in [0, 0.05) is 38.9 Å². The fourth-order valence-electron chi connectivity index (χ4n) is 4.80. The van der Waals surface area contributed by atoms with Crippen LogP contribution in [0.5, 0.6) is 5.75 Å². The topological polar surface area (TPSA) is 99.5 Å². The van der Waals surface area contributed by atoms with Gasteiger partial charge in [0.05, 0.1) is 22.2 Å². The lowest BCUT2D eigenvalue weighted by Gasteiger charge is -2.38. The molecule has 3 aromatic carbocycles. The minimum atomic E-state index is -4.55. The summed E-state index contributed by atoms with van der Waals surface area (Å²) < 4.78 is 45.2. The third kappa shape index (κ3) is 5.29. The first-order chi connectivity index (χ1) is 18.7. The molecule has 2 heterocycles. The van der Waals surface area contributed by atoms with Crippen molar-refractivity contribution in [3.63, 3.8) is 0 Å². The molecule has 1 aliphatic heterocycles. The number of hydrogen-bond acceptors (Lipinski definition) is 6. The third-order valence-electron chi connectivity index (χ3n) is 6.96. The van der Waals surface area contributed by atoms with E-state index in [4.69, 9.17) is 10.5 Å². The molecule has 5 rings (SSSR count). The van der Waals surface area contributed by atoms with Crippen molar-refractivity contribution in [2.24, 2.45) is 0 Å². The normalized spacial score (nSPS) is 14.9. The summed E-state index contributed by atoms with van der Waals surface area (Å²) >= 11 is 0. The molecule has 4 N–H and O–H groups in total. The van der Waals surface area contributed by atoms with Gasteiger partial charge in [0.25, 0.3) is 5.91 Å². The van der Waals surface area contributed by atoms with Crippen LogP contribution < -0.4 is 25.6 Å². The largest absolute Gasteiger partial charge is 0.480 e. The molecule has 0 saturated carbocycles. The molecule has 8 nitrogen and oxygen atoms in total. The highest BCUT2D eigenvalue weighted by Crippen LogP contribution is 2.38. The number of nitrogens with one attached hydrogen (secondary N) is 2. The van der Waals surface area contributed by atoms with Crippen LogP contribution in [0.4, 0.5) is 30.4 Å². The van der Waals surface area contributed by atoms with Gasteiger partial charge in [0.15, 0.2) is 11.9 Å². The number of ether oxygens (including phenoxy) is 1. The first-order valence-electron chi connectivity index (χ1n) is 12.6. The Morgan fingerprint density at radius 1 is 1.03 bits per heavy atom. The first-order valence-corrected chi connectivity index (χ1v) is 12.6. The molecular weight excluding hydrogens is 509 g/mol. The number of para-hydroxylation sites is 1. The molecule has 0 bridgehead atoms. The predicted octanol–water partition coefficient (Wildman–Crippen LogP) is 4.83. The minimum absolute atomic E-state index is 0.0213. The van der Waals surface area contributed by atoms with Crippen molar-refractivity contribution < 1.29 is 22.7 Å². The summed E-state index contributed by atoms with van der Waals surface area (Å²) in [6, 6.07) is 18.8. The van der Waals surface area contributed by atoms with Gasteiger partial charge in [0.2, 0.25) is 0 Å². The number of H-pyrrole nitrogens is 1. The lowest BCUT2D eigenvalue weighted by molar-refractivity contribution is -0.188. The van der Waals surface area contributed by atoms with E-state index in [1.807, 2.05) is 24.3 Å². The maximum absolute atomic E-state index is 13.3. The number of nitrogen functional groups attached to an aromatic ring is 1. The second kappa shape index (κ2) is 10.4. The maximum Gasteiger partial charge on any atom is 0.425 e. The van der Waals surface area contributed by atoms with Gasteiger partial charge in [0.1, 0.15) is 5.75 Å². The Hall–Kier alpha value is -4.41. The fraction of sp³-hybridized carbons (Fsp3) is 0.286. The lowest BCUT2D eigenvalue weighted by Crippen LogP contribution is -2.47. The van der Waals surface area contributed by atoms with Crippen LogP contribution in [-0.4, -0.2) is 61.6 Å². The van der Waals surface area contributed by atoms with Crippen LogP contribution in [-0.2, 0) is 0 Å². The van der Waals surface area contributed by atoms with E-state index in [1.54, 1.807) is 25.2 Å². The Balaban J connectivity index is 1.51. The smallest absolute Gasteiger partial charge is 0.425 e. The molecule has 4 aromatic rings. The standard InChI is InChI=1S/C28H29F3N6O2/c1-17(28(29,30)31)39-24-16-19(14-22-25(24)26(32)35-34-22)18-8-9-21(27(38)33-2)23(15-18)37-12-10-36(11-13-37)20-6-4-3-5-7-20/h3-9,14-17H,10-13H2,1-2H3,(H,33,38)(H3,32,34,35)/t17-/m0/s1. The van der Waals surface area contributed by atoms with Crippen molar-refractivity contribution in [1.29, 1.82) is 0 Å². The molecule has 1 amide bonds. The molecule has 0 unspecified atom stereocenters. The van der Waals surface area contributed by atoms with Crippen molar-refractivity contribution in [2.75, 3.05) is 48.8 Å². The number of halogens is 3. The molecule has 1 aliphatic rings. The van der Waals surface area contributed by atoms with Crippen molar-refractivity contribution in [1.82, 2.24) is 15.5 Å². The molecule has 1 saturated heterocycles. The Kier molecular flexibility index (Phi) is 6.98. The SMILES string of the molecule is CNC(=O)c1ccc(-c2cc(O[C@@H](C)C(F)(F)F)c3c(N)n[nH]c3c2)cc1N1CCN(c2ccccc2)CC1. The van der Waals surface area contributed by atoms with Gasteiger partial charge >= 0.3 is 6.18 Å². The van der Waals surface area contributed by atoms with E-state index in [0.717, 1.165) is 31.4 Å². The minimum Gasteiger partial charge on any atom is -0.480 e. The zero-order valence-electron chi connectivity index (χ0n) is 21.5. The van der Waals surface area contributed by atoms with E-state index in [1.165, 1.54) is 6.07 Å². The molecule has 0 spiro atoms. The Morgan fingerprint density at radius 2 is 1.72 bits per heavy atom. The van der Waals surface area contributed by atoms with E-state index in [-0.39, 0.29) is 22.9 Å². The van der Waals surface area contributed by atoms with E-state index >= 15 is 0 Å². The van der Waals surface area contributed by atoms with E-state index in [2.05, 4.69) is 37.4 Å². The van der Waals surface area contributed by atoms with Crippen LogP contribution in [0.3, 0.4) is 0 Å². The zero-order valence-corrected chi connectivity index (χ0v) is 21.5. The van der Waals surface area contributed by atoms with Gasteiger partial charge < -0.3 is 25.6 Å². The molecule has 1 atom stereocenters. The van der Waals surface area contributed by atoms with Crippen LogP contribution in [0.15, 0.2) is 60.7 Å². The quantitative estimate of drug-likeness (QED) is 0.325. The third-order valence-corrected chi connectivity index (χ3v) is 6.96. The molecule has 0 aliphatic carbocycles. The van der Waals surface area contributed by atoms with Crippen LogP contribution in [0, 0.1) is 0 Å². The molecule has 0 radical (unpaired) electrons. The summed E-state index contributed by atoms with van der Waals surface area (Å²) in [5.74, 6) is -0.193. The number of piperazine rings is 1. The number of carbonyl (C=O) groups is 1. The number of carbonyl (C=O) groups excluding carboxylic acids is 1. The number of nitrogens with two attached hydrogens (primary N) is 1. The van der Waals surface area contributed by atoms with Gasteiger partial charge in [-0.3, -0.25) is 9.89 Å². The van der Waals surface area contributed by atoms with Crippen molar-refractivity contribution in [3.05, 3.63) is 66.2 Å². The van der Waals surface area contributed by atoms with Crippen LogP contribution in [0.25, 0.3) is 22.0 Å². The fourth-order valence-corrected chi connectivity index (χ4v) is 4.80. The van der Waals surface area contributed by atoms with Crippen molar-refractivity contribution in [2.45, 2.75) is 19.2 Å². The lowest BCUT2D eigenvalue weighted by atomic mass is 9.99. The summed E-state index contributed by atoms with van der Waals surface area (Å²) in [7, 11) is 1.58. The molecule has 11 heteroatoms. The number of anilines is 3. The first kappa shape index (κ1) is 26.2. The van der Waals surface area contributed by atoms with Crippen LogP contribution in [0.1, 0.15) is 17.3 Å². The van der Waals surface area contributed by atoms with E-state index < -0.39 is 12.3 Å². The molecular formula is C28H29F3N6O2. The second-order valence-corrected chi connectivity index (χ2v) is 9.43. The molecule has 204 valence electrons. The summed E-state index contributed by atoms with van der Waals surface area (Å²) in [6.45, 7) is 3.87. The number of benzene rings is 3. The number of aromatic amines is 1. The second-order valence-electron chi connectivity index (χ2n) is 9.43. The number of hydrogen-bond donors (Lipinski definition) is 3. The highest BCUT2D eigenvalue weighted by molar-refractivity contribution is 6.01. The average Bonchev–Trinajstić information content (AvgIpc) is 3.33. The molecule has 1 fully saturated rings. The van der Waals surface area contributed by atoms with E-state index in [0.29, 0.717) is 35.3 Å².